The van der Waals surface area contributed by atoms with Crippen LogP contribution in [0.5, 0.6) is 0 Å². The summed E-state index contributed by atoms with van der Waals surface area (Å²) in [5.74, 6) is 0.668. The summed E-state index contributed by atoms with van der Waals surface area (Å²) in [5.41, 5.74) is 0.889. The van der Waals surface area contributed by atoms with Gasteiger partial charge in [-0.15, -0.1) is 0 Å². The van der Waals surface area contributed by atoms with Gasteiger partial charge in [0.2, 0.25) is 5.90 Å². The maximum Gasteiger partial charge on any atom is 0.217 e. The van der Waals surface area contributed by atoms with Crippen LogP contribution in [0.1, 0.15) is 5.56 Å². The molecule has 0 aromatic heterocycles. The van der Waals surface area contributed by atoms with Crippen LogP contribution in [0.25, 0.3) is 0 Å². The van der Waals surface area contributed by atoms with Crippen LogP contribution in [0.3, 0.4) is 0 Å². The van der Waals surface area contributed by atoms with E-state index >= 15 is 0 Å². The third-order valence-electron chi connectivity index (χ3n) is 1.75. The smallest absolute Gasteiger partial charge is 0.217 e. The molecule has 4 heteroatoms. The van der Waals surface area contributed by atoms with Gasteiger partial charge in [-0.2, -0.15) is 0 Å². The summed E-state index contributed by atoms with van der Waals surface area (Å²) in [7, 11) is 0. The van der Waals surface area contributed by atoms with Crippen molar-refractivity contribution in [2.24, 2.45) is 4.99 Å². The Labute approximate surface area is 95.1 Å². The van der Waals surface area contributed by atoms with Crippen LogP contribution in [0.2, 0.25) is 5.02 Å². The van der Waals surface area contributed by atoms with Gasteiger partial charge in [-0.1, -0.05) is 11.6 Å². The molecule has 13 heavy (non-hydrogen) atoms. The molecule has 2 nitrogen and oxygen atoms in total. The van der Waals surface area contributed by atoms with E-state index in [1.54, 1.807) is 0 Å². The van der Waals surface area contributed by atoms with Crippen molar-refractivity contribution in [2.75, 3.05) is 13.2 Å². The molecule has 0 amide bonds. The molecule has 1 aliphatic heterocycles. The topological polar surface area (TPSA) is 21.6 Å². The quantitative estimate of drug-likeness (QED) is 0.731. The molecule has 1 aliphatic rings. The zero-order valence-electron chi connectivity index (χ0n) is 6.76. The molecular formula is C9H7ClINO. The standard InChI is InChI=1S/C9H7ClINO/c10-8-5-6(11)1-2-7(8)9-12-3-4-13-9/h1-2,5H,3-4H2. The zero-order valence-corrected chi connectivity index (χ0v) is 9.67. The minimum absolute atomic E-state index is 0.664. The minimum atomic E-state index is 0.664. The first kappa shape index (κ1) is 9.27. The summed E-state index contributed by atoms with van der Waals surface area (Å²) in [4.78, 5) is 4.20. The maximum atomic E-state index is 6.04. The number of aliphatic imine (C=N–C) groups is 1. The lowest BCUT2D eigenvalue weighted by Gasteiger charge is -2.03. The van der Waals surface area contributed by atoms with Gasteiger partial charge in [0.1, 0.15) is 6.61 Å². The van der Waals surface area contributed by atoms with Gasteiger partial charge in [-0.3, -0.25) is 0 Å². The highest BCUT2D eigenvalue weighted by atomic mass is 127. The monoisotopic (exact) mass is 307 g/mol. The predicted molar refractivity (Wildman–Crippen MR) is 61.5 cm³/mol. The van der Waals surface area contributed by atoms with Crippen molar-refractivity contribution in [1.29, 1.82) is 0 Å². The number of hydrogen-bond acceptors (Lipinski definition) is 2. The van der Waals surface area contributed by atoms with E-state index < -0.39 is 0 Å². The summed E-state index contributed by atoms with van der Waals surface area (Å²) in [6, 6.07) is 5.84. The second-order valence-corrected chi connectivity index (χ2v) is 4.31. The van der Waals surface area contributed by atoms with E-state index in [4.69, 9.17) is 16.3 Å². The summed E-state index contributed by atoms with van der Waals surface area (Å²) < 4.78 is 6.44. The Morgan fingerprint density at radius 3 is 2.92 bits per heavy atom. The van der Waals surface area contributed by atoms with Crippen molar-refractivity contribution >= 4 is 40.1 Å². The number of halogens is 2. The van der Waals surface area contributed by atoms with Gasteiger partial charge in [0.05, 0.1) is 17.1 Å². The third-order valence-corrected chi connectivity index (χ3v) is 2.73. The fourth-order valence-corrected chi connectivity index (χ4v) is 2.10. The molecule has 2 rings (SSSR count). The Hall–Kier alpha value is -0.290. The molecule has 1 aromatic carbocycles. The molecule has 0 radical (unpaired) electrons. The van der Waals surface area contributed by atoms with E-state index in [2.05, 4.69) is 27.6 Å². The summed E-state index contributed by atoms with van der Waals surface area (Å²) in [5, 5.41) is 0.701. The number of nitrogens with zero attached hydrogens (tertiary/aromatic N) is 1. The van der Waals surface area contributed by atoms with E-state index in [1.165, 1.54) is 0 Å². The van der Waals surface area contributed by atoms with E-state index in [0.717, 1.165) is 15.7 Å². The van der Waals surface area contributed by atoms with Crippen LogP contribution in [-0.2, 0) is 4.74 Å². The Morgan fingerprint density at radius 1 is 1.46 bits per heavy atom. The van der Waals surface area contributed by atoms with Crippen LogP contribution in [0, 0.1) is 3.57 Å². The number of ether oxygens (including phenoxy) is 1. The van der Waals surface area contributed by atoms with Crippen molar-refractivity contribution in [1.82, 2.24) is 0 Å². The lowest BCUT2D eigenvalue weighted by molar-refractivity contribution is 0.348. The largest absolute Gasteiger partial charge is 0.475 e. The number of hydrogen-bond donors (Lipinski definition) is 0. The van der Waals surface area contributed by atoms with Crippen LogP contribution < -0.4 is 0 Å². The Morgan fingerprint density at radius 2 is 2.31 bits per heavy atom. The van der Waals surface area contributed by atoms with E-state index in [1.807, 2.05) is 18.2 Å². The van der Waals surface area contributed by atoms with E-state index in [9.17, 15) is 0 Å². The molecule has 1 heterocycles. The first-order valence-corrected chi connectivity index (χ1v) is 5.36. The average Bonchev–Trinajstić information content (AvgIpc) is 2.56. The van der Waals surface area contributed by atoms with Gasteiger partial charge in [-0.05, 0) is 40.8 Å². The van der Waals surface area contributed by atoms with Gasteiger partial charge in [0, 0.05) is 3.57 Å². The Balaban J connectivity index is 2.40. The van der Waals surface area contributed by atoms with Crippen molar-refractivity contribution in [2.45, 2.75) is 0 Å². The van der Waals surface area contributed by atoms with Gasteiger partial charge in [0.15, 0.2) is 0 Å². The molecule has 0 saturated heterocycles. The summed E-state index contributed by atoms with van der Waals surface area (Å²) in [6.45, 7) is 1.40. The van der Waals surface area contributed by atoms with Gasteiger partial charge < -0.3 is 4.74 Å². The number of benzene rings is 1. The highest BCUT2D eigenvalue weighted by molar-refractivity contribution is 14.1. The molecule has 68 valence electrons. The molecule has 1 aromatic rings. The molecule has 0 N–H and O–H groups in total. The molecule has 0 unspecified atom stereocenters. The third kappa shape index (κ3) is 1.96. The number of rotatable bonds is 1. The first-order valence-electron chi connectivity index (χ1n) is 3.90. The van der Waals surface area contributed by atoms with Gasteiger partial charge in [0.25, 0.3) is 0 Å². The van der Waals surface area contributed by atoms with Gasteiger partial charge >= 0.3 is 0 Å². The second kappa shape index (κ2) is 3.84. The molecule has 0 bridgehead atoms. The van der Waals surface area contributed by atoms with E-state index in [-0.39, 0.29) is 0 Å². The molecular weight excluding hydrogens is 300 g/mol. The molecule has 0 fully saturated rings. The lowest BCUT2D eigenvalue weighted by atomic mass is 10.2. The SMILES string of the molecule is Clc1cc(I)ccc1C1=NCCO1. The summed E-state index contributed by atoms with van der Waals surface area (Å²) in [6.07, 6.45) is 0. The second-order valence-electron chi connectivity index (χ2n) is 2.66. The lowest BCUT2D eigenvalue weighted by Crippen LogP contribution is -2.01. The van der Waals surface area contributed by atoms with Crippen LogP contribution in [0.15, 0.2) is 23.2 Å². The fraction of sp³-hybridized carbons (Fsp3) is 0.222. The van der Waals surface area contributed by atoms with Crippen molar-refractivity contribution in [3.05, 3.63) is 32.4 Å². The van der Waals surface area contributed by atoms with Gasteiger partial charge in [-0.25, -0.2) is 4.99 Å². The molecule has 0 atom stereocenters. The molecule has 0 aliphatic carbocycles. The van der Waals surface area contributed by atoms with Crippen molar-refractivity contribution in [3.8, 4) is 0 Å². The average molecular weight is 308 g/mol. The van der Waals surface area contributed by atoms with Crippen LogP contribution >= 0.6 is 34.2 Å². The highest BCUT2D eigenvalue weighted by Gasteiger charge is 2.13. The molecule has 0 saturated carbocycles. The normalized spacial score (nSPS) is 15.4. The zero-order chi connectivity index (χ0) is 9.26. The van der Waals surface area contributed by atoms with Crippen molar-refractivity contribution < 1.29 is 4.74 Å². The van der Waals surface area contributed by atoms with Crippen LogP contribution in [0.4, 0.5) is 0 Å². The first-order chi connectivity index (χ1) is 6.27. The summed E-state index contributed by atoms with van der Waals surface area (Å²) >= 11 is 8.26. The predicted octanol–water partition coefficient (Wildman–Crippen LogP) is 2.72. The van der Waals surface area contributed by atoms with Crippen molar-refractivity contribution in [3.63, 3.8) is 0 Å². The maximum absolute atomic E-state index is 6.04. The fourth-order valence-electron chi connectivity index (χ4n) is 1.16. The van der Waals surface area contributed by atoms with E-state index in [0.29, 0.717) is 17.5 Å². The molecule has 0 spiro atoms. The Kier molecular flexibility index (Phi) is 2.74. The van der Waals surface area contributed by atoms with Crippen LogP contribution in [-0.4, -0.2) is 19.0 Å². The Bertz CT molecular complexity index is 365. The minimum Gasteiger partial charge on any atom is -0.475 e. The highest BCUT2D eigenvalue weighted by Crippen LogP contribution is 2.21.